The zero-order valence-electron chi connectivity index (χ0n) is 15.2. The van der Waals surface area contributed by atoms with Crippen LogP contribution in [0, 0.1) is 0 Å². The van der Waals surface area contributed by atoms with Gasteiger partial charge in [-0.15, -0.1) is 0 Å². The van der Waals surface area contributed by atoms with Gasteiger partial charge in [0, 0.05) is 44.3 Å². The summed E-state index contributed by atoms with van der Waals surface area (Å²) >= 11 is 0. The Morgan fingerprint density at radius 2 is 1.96 bits per heavy atom. The summed E-state index contributed by atoms with van der Waals surface area (Å²) in [6.45, 7) is 1.70. The Morgan fingerprint density at radius 1 is 1.04 bits per heavy atom. The molecular weight excluding hydrogens is 342 g/mol. The fraction of sp³-hybridized carbons (Fsp3) is 0.222. The highest BCUT2D eigenvalue weighted by molar-refractivity contribution is 5.73. The van der Waals surface area contributed by atoms with Crippen molar-refractivity contribution < 1.29 is 0 Å². The van der Waals surface area contributed by atoms with Gasteiger partial charge in [-0.1, -0.05) is 0 Å². The molecule has 0 aliphatic heterocycles. The van der Waals surface area contributed by atoms with Crippen molar-refractivity contribution in [2.24, 2.45) is 7.05 Å². The zero-order chi connectivity index (χ0) is 18.6. The van der Waals surface area contributed by atoms with E-state index in [1.807, 2.05) is 55.4 Å². The van der Waals surface area contributed by atoms with Gasteiger partial charge < -0.3 is 16.0 Å². The number of aromatic nitrogens is 6. The normalized spacial score (nSPS) is 11.0. The van der Waals surface area contributed by atoms with Gasteiger partial charge in [0.2, 0.25) is 0 Å². The number of pyridine rings is 1. The summed E-state index contributed by atoms with van der Waals surface area (Å²) in [6.07, 6.45) is 11.0. The number of nitrogens with one attached hydrogen (secondary N) is 3. The topological polar surface area (TPSA) is 97.0 Å². The Kier molecular flexibility index (Phi) is 4.67. The van der Waals surface area contributed by atoms with E-state index in [1.54, 1.807) is 17.1 Å². The number of aryl methyl sites for hydroxylation is 1. The third-order valence-corrected chi connectivity index (χ3v) is 4.14. The van der Waals surface area contributed by atoms with Crippen LogP contribution in [0.25, 0.3) is 16.9 Å². The van der Waals surface area contributed by atoms with Gasteiger partial charge in [0.15, 0.2) is 11.5 Å². The molecule has 3 N–H and O–H groups in total. The van der Waals surface area contributed by atoms with Gasteiger partial charge in [-0.25, -0.2) is 15.0 Å². The van der Waals surface area contributed by atoms with Gasteiger partial charge in [0.25, 0.3) is 0 Å². The summed E-state index contributed by atoms with van der Waals surface area (Å²) in [5, 5.41) is 13.9. The highest BCUT2D eigenvalue weighted by Crippen LogP contribution is 2.24. The molecule has 4 rings (SSSR count). The van der Waals surface area contributed by atoms with Crippen molar-refractivity contribution in [2.45, 2.75) is 0 Å². The molecule has 0 spiro atoms. The lowest BCUT2D eigenvalue weighted by Crippen LogP contribution is -2.18. The molecule has 0 saturated heterocycles. The summed E-state index contributed by atoms with van der Waals surface area (Å²) in [5.74, 6) is 1.51. The maximum Gasteiger partial charge on any atom is 0.180 e. The van der Waals surface area contributed by atoms with E-state index in [9.17, 15) is 0 Å². The first-order valence-electron chi connectivity index (χ1n) is 8.67. The maximum atomic E-state index is 4.53. The molecule has 0 atom stereocenters. The van der Waals surface area contributed by atoms with E-state index >= 15 is 0 Å². The largest absolute Gasteiger partial charge is 0.369 e. The lowest BCUT2D eigenvalue weighted by atomic mass is 10.3. The highest BCUT2D eigenvalue weighted by Gasteiger charge is 2.11. The minimum Gasteiger partial charge on any atom is -0.369 e. The highest BCUT2D eigenvalue weighted by atomic mass is 15.2. The summed E-state index contributed by atoms with van der Waals surface area (Å²) in [6, 6.07) is 3.90. The number of hydrogen-bond acceptors (Lipinski definition) is 7. The Morgan fingerprint density at radius 3 is 2.70 bits per heavy atom. The van der Waals surface area contributed by atoms with Crippen LogP contribution in [0.4, 0.5) is 17.3 Å². The molecule has 0 bridgehead atoms. The molecule has 4 aromatic rings. The average Bonchev–Trinajstić information content (AvgIpc) is 3.30. The molecule has 4 aromatic heterocycles. The van der Waals surface area contributed by atoms with E-state index in [0.717, 1.165) is 41.5 Å². The van der Waals surface area contributed by atoms with Crippen LogP contribution in [0.15, 0.2) is 49.3 Å². The van der Waals surface area contributed by atoms with Crippen molar-refractivity contribution in [2.75, 3.05) is 30.8 Å². The number of hydrogen-bond donors (Lipinski definition) is 3. The van der Waals surface area contributed by atoms with Gasteiger partial charge in [0.1, 0.15) is 5.82 Å². The molecule has 0 aromatic carbocycles. The average molecular weight is 363 g/mol. The second-order valence-electron chi connectivity index (χ2n) is 6.10. The van der Waals surface area contributed by atoms with Crippen LogP contribution in [-0.4, -0.2) is 49.3 Å². The number of anilines is 3. The predicted octanol–water partition coefficient (Wildman–Crippen LogP) is 1.90. The number of imidazole rings is 1. The molecule has 0 fully saturated rings. The van der Waals surface area contributed by atoms with Crippen LogP contribution in [0.5, 0.6) is 0 Å². The van der Waals surface area contributed by atoms with E-state index < -0.39 is 0 Å². The van der Waals surface area contributed by atoms with Crippen LogP contribution in [0.3, 0.4) is 0 Å². The molecule has 0 aliphatic rings. The van der Waals surface area contributed by atoms with Crippen molar-refractivity contribution in [1.82, 2.24) is 34.4 Å². The standard InChI is InChI=1S/C18H21N9/c1-19-5-6-20-16-4-3-14(10-22-16)25-17-18-23-11-15(27(18)8-7-21-17)13-9-24-26(2)12-13/h3-4,7-12,19H,5-6H2,1-2H3,(H,20,22)(H,21,25). The summed E-state index contributed by atoms with van der Waals surface area (Å²) < 4.78 is 3.76. The first-order chi connectivity index (χ1) is 13.2. The molecule has 0 unspecified atom stereocenters. The number of nitrogens with zero attached hydrogens (tertiary/aromatic N) is 6. The third-order valence-electron chi connectivity index (χ3n) is 4.14. The second kappa shape index (κ2) is 7.42. The Labute approximate surface area is 156 Å². The molecule has 138 valence electrons. The fourth-order valence-electron chi connectivity index (χ4n) is 2.80. The van der Waals surface area contributed by atoms with Crippen LogP contribution >= 0.6 is 0 Å². The first-order valence-corrected chi connectivity index (χ1v) is 8.67. The second-order valence-corrected chi connectivity index (χ2v) is 6.10. The van der Waals surface area contributed by atoms with Gasteiger partial charge in [-0.2, -0.15) is 5.10 Å². The number of rotatable bonds is 7. The SMILES string of the molecule is CNCCNc1ccc(Nc2nccn3c(-c4cnn(C)c4)cnc23)cn1. The van der Waals surface area contributed by atoms with Crippen molar-refractivity contribution in [3.63, 3.8) is 0 Å². The third kappa shape index (κ3) is 3.58. The Hall–Kier alpha value is -3.46. The lowest BCUT2D eigenvalue weighted by molar-refractivity contribution is 0.768. The van der Waals surface area contributed by atoms with E-state index in [2.05, 4.69) is 36.0 Å². The van der Waals surface area contributed by atoms with Gasteiger partial charge in [0.05, 0.1) is 30.0 Å². The van der Waals surface area contributed by atoms with Crippen LogP contribution < -0.4 is 16.0 Å². The van der Waals surface area contributed by atoms with Crippen molar-refractivity contribution >= 4 is 23.0 Å². The Balaban J connectivity index is 1.56. The molecule has 9 heteroatoms. The summed E-state index contributed by atoms with van der Waals surface area (Å²) in [5.41, 5.74) is 3.56. The van der Waals surface area contributed by atoms with Crippen molar-refractivity contribution in [1.29, 1.82) is 0 Å². The van der Waals surface area contributed by atoms with Gasteiger partial charge >= 0.3 is 0 Å². The molecule has 27 heavy (non-hydrogen) atoms. The monoisotopic (exact) mass is 363 g/mol. The van der Waals surface area contributed by atoms with Crippen molar-refractivity contribution in [3.8, 4) is 11.3 Å². The molecule has 9 nitrogen and oxygen atoms in total. The van der Waals surface area contributed by atoms with E-state index in [-0.39, 0.29) is 0 Å². The quantitative estimate of drug-likeness (QED) is 0.432. The molecule has 0 aliphatic carbocycles. The van der Waals surface area contributed by atoms with Crippen LogP contribution in [0.1, 0.15) is 0 Å². The molecule has 0 saturated carbocycles. The molecule has 0 radical (unpaired) electrons. The number of fused-ring (bicyclic) bond motifs is 1. The maximum absolute atomic E-state index is 4.53. The van der Waals surface area contributed by atoms with Crippen molar-refractivity contribution in [3.05, 3.63) is 49.3 Å². The lowest BCUT2D eigenvalue weighted by Gasteiger charge is -2.09. The van der Waals surface area contributed by atoms with Crippen LogP contribution in [0.2, 0.25) is 0 Å². The van der Waals surface area contributed by atoms with E-state index in [0.29, 0.717) is 5.82 Å². The van der Waals surface area contributed by atoms with E-state index in [4.69, 9.17) is 0 Å². The predicted molar refractivity (Wildman–Crippen MR) is 105 cm³/mol. The van der Waals surface area contributed by atoms with Gasteiger partial charge in [-0.05, 0) is 19.2 Å². The minimum atomic E-state index is 0.672. The smallest absolute Gasteiger partial charge is 0.180 e. The minimum absolute atomic E-state index is 0.672. The Bertz CT molecular complexity index is 1030. The van der Waals surface area contributed by atoms with Crippen LogP contribution in [-0.2, 0) is 7.05 Å². The molecule has 4 heterocycles. The first kappa shape index (κ1) is 17.0. The molecule has 0 amide bonds. The fourth-order valence-corrected chi connectivity index (χ4v) is 2.80. The summed E-state index contributed by atoms with van der Waals surface area (Å²) in [7, 11) is 3.82. The molecular formula is C18H21N9. The number of likely N-dealkylation sites (N-methyl/N-ethyl adjacent to an activating group) is 1. The summed E-state index contributed by atoms with van der Waals surface area (Å²) in [4.78, 5) is 13.4. The van der Waals surface area contributed by atoms with Gasteiger partial charge in [-0.3, -0.25) is 9.08 Å². The zero-order valence-corrected chi connectivity index (χ0v) is 15.2. The van der Waals surface area contributed by atoms with E-state index in [1.165, 1.54) is 0 Å².